The second-order valence-corrected chi connectivity index (χ2v) is 5.83. The highest BCUT2D eigenvalue weighted by atomic mass is 16.4. The number of likely N-dealkylation sites (tertiary alicyclic amines) is 2. The summed E-state index contributed by atoms with van der Waals surface area (Å²) >= 11 is 0. The number of nitrogens with zero attached hydrogens (tertiary/aromatic N) is 2. The smallest absolute Gasteiger partial charge is 0.326 e. The van der Waals surface area contributed by atoms with Gasteiger partial charge in [0.05, 0.1) is 0 Å². The second kappa shape index (κ2) is 4.44. The summed E-state index contributed by atoms with van der Waals surface area (Å²) in [5.41, 5.74) is 0. The van der Waals surface area contributed by atoms with E-state index >= 15 is 0 Å². The van der Waals surface area contributed by atoms with Crippen molar-refractivity contribution >= 4 is 12.0 Å². The summed E-state index contributed by atoms with van der Waals surface area (Å²) in [4.78, 5) is 26.9. The van der Waals surface area contributed by atoms with Gasteiger partial charge in [-0.25, -0.2) is 9.59 Å². The van der Waals surface area contributed by atoms with Crippen molar-refractivity contribution in [2.45, 2.75) is 38.1 Å². The lowest BCUT2D eigenvalue weighted by atomic mass is 10.0. The molecule has 5 nitrogen and oxygen atoms in total. The van der Waals surface area contributed by atoms with E-state index in [1.54, 1.807) is 4.90 Å². The molecular weight excluding hydrogens is 232 g/mol. The number of aliphatic carboxylic acids is 1. The van der Waals surface area contributed by atoms with Gasteiger partial charge >= 0.3 is 12.0 Å². The first-order valence-electron chi connectivity index (χ1n) is 6.95. The minimum Gasteiger partial charge on any atom is -0.480 e. The number of hydrogen-bond acceptors (Lipinski definition) is 2. The van der Waals surface area contributed by atoms with Gasteiger partial charge in [-0.15, -0.1) is 0 Å². The first-order chi connectivity index (χ1) is 8.66. The van der Waals surface area contributed by atoms with Gasteiger partial charge in [0.25, 0.3) is 0 Å². The van der Waals surface area contributed by atoms with Crippen molar-refractivity contribution in [1.29, 1.82) is 0 Å². The minimum absolute atomic E-state index is 0.0469. The number of fused-ring (bicyclic) bond motifs is 1. The van der Waals surface area contributed by atoms with E-state index in [2.05, 4.69) is 0 Å². The lowest BCUT2D eigenvalue weighted by Crippen LogP contribution is -2.47. The van der Waals surface area contributed by atoms with E-state index < -0.39 is 12.0 Å². The van der Waals surface area contributed by atoms with Crippen LogP contribution in [0.25, 0.3) is 0 Å². The van der Waals surface area contributed by atoms with Crippen molar-refractivity contribution in [3.8, 4) is 0 Å². The van der Waals surface area contributed by atoms with Gasteiger partial charge in [0, 0.05) is 19.6 Å². The van der Waals surface area contributed by atoms with Crippen molar-refractivity contribution in [3.63, 3.8) is 0 Å². The molecule has 3 aliphatic rings. The van der Waals surface area contributed by atoms with E-state index in [9.17, 15) is 9.59 Å². The van der Waals surface area contributed by atoms with Crippen molar-refractivity contribution in [2.75, 3.05) is 19.6 Å². The zero-order chi connectivity index (χ0) is 12.7. The van der Waals surface area contributed by atoms with Crippen molar-refractivity contribution in [3.05, 3.63) is 0 Å². The molecule has 0 bridgehead atoms. The minimum atomic E-state index is -0.861. The Morgan fingerprint density at radius 1 is 1.00 bits per heavy atom. The van der Waals surface area contributed by atoms with Crippen LogP contribution in [0.4, 0.5) is 4.79 Å². The third kappa shape index (κ3) is 1.85. The van der Waals surface area contributed by atoms with Crippen LogP contribution in [0.2, 0.25) is 0 Å². The lowest BCUT2D eigenvalue weighted by molar-refractivity contribution is -0.141. The van der Waals surface area contributed by atoms with Crippen LogP contribution in [-0.4, -0.2) is 52.6 Å². The molecule has 2 amide bonds. The predicted molar refractivity (Wildman–Crippen MR) is 65.2 cm³/mol. The van der Waals surface area contributed by atoms with Gasteiger partial charge in [0.1, 0.15) is 6.04 Å². The average molecular weight is 252 g/mol. The summed E-state index contributed by atoms with van der Waals surface area (Å²) in [6.45, 7) is 2.28. The van der Waals surface area contributed by atoms with E-state index in [0.717, 1.165) is 19.5 Å². The maximum atomic E-state index is 12.4. The average Bonchev–Trinajstić information content (AvgIpc) is 3.02. The van der Waals surface area contributed by atoms with Gasteiger partial charge in [-0.05, 0) is 37.5 Å². The van der Waals surface area contributed by atoms with Crippen LogP contribution in [-0.2, 0) is 4.79 Å². The van der Waals surface area contributed by atoms with E-state index in [-0.39, 0.29) is 6.03 Å². The molecule has 2 aliphatic heterocycles. The van der Waals surface area contributed by atoms with E-state index in [1.807, 2.05) is 4.90 Å². The molecule has 0 aromatic carbocycles. The van der Waals surface area contributed by atoms with Crippen LogP contribution in [0, 0.1) is 11.8 Å². The summed E-state index contributed by atoms with van der Waals surface area (Å²) in [5.74, 6) is 0.472. The van der Waals surface area contributed by atoms with Crippen molar-refractivity contribution < 1.29 is 14.7 Å². The molecule has 3 rings (SSSR count). The molecule has 0 spiro atoms. The number of carbonyl (C=O) groups is 2. The third-order valence-corrected chi connectivity index (χ3v) is 4.78. The number of carboxylic acids is 1. The number of rotatable bonds is 1. The SMILES string of the molecule is O=C(O)[C@H]1CCCN1C(=O)N1CC2CCCC2C1. The zero-order valence-corrected chi connectivity index (χ0v) is 10.5. The van der Waals surface area contributed by atoms with Crippen LogP contribution in [0.15, 0.2) is 0 Å². The normalized spacial score (nSPS) is 35.0. The zero-order valence-electron chi connectivity index (χ0n) is 10.5. The Hall–Kier alpha value is -1.26. The van der Waals surface area contributed by atoms with Crippen molar-refractivity contribution in [1.82, 2.24) is 9.80 Å². The molecule has 0 radical (unpaired) electrons. The molecule has 2 unspecified atom stereocenters. The summed E-state index contributed by atoms with van der Waals surface area (Å²) in [6, 6.07) is -0.646. The van der Waals surface area contributed by atoms with E-state index in [1.165, 1.54) is 19.3 Å². The Morgan fingerprint density at radius 2 is 1.67 bits per heavy atom. The van der Waals surface area contributed by atoms with Gasteiger partial charge in [-0.2, -0.15) is 0 Å². The molecule has 18 heavy (non-hydrogen) atoms. The highest BCUT2D eigenvalue weighted by Gasteiger charge is 2.42. The van der Waals surface area contributed by atoms with E-state index in [4.69, 9.17) is 5.11 Å². The molecular formula is C13H20N2O3. The maximum Gasteiger partial charge on any atom is 0.326 e. The fraction of sp³-hybridized carbons (Fsp3) is 0.846. The highest BCUT2D eigenvalue weighted by molar-refractivity contribution is 5.83. The predicted octanol–water partition coefficient (Wildman–Crippen LogP) is 1.39. The topological polar surface area (TPSA) is 60.9 Å². The fourth-order valence-corrected chi connectivity index (χ4v) is 3.83. The molecule has 2 saturated heterocycles. The molecule has 5 heteroatoms. The number of carboxylic acid groups (broad SMARTS) is 1. The van der Waals surface area contributed by atoms with Crippen LogP contribution in [0.3, 0.4) is 0 Å². The molecule has 3 fully saturated rings. The molecule has 1 aliphatic carbocycles. The Labute approximate surface area is 107 Å². The van der Waals surface area contributed by atoms with Crippen LogP contribution >= 0.6 is 0 Å². The second-order valence-electron chi connectivity index (χ2n) is 5.83. The Morgan fingerprint density at radius 3 is 2.28 bits per heavy atom. The Kier molecular flexibility index (Phi) is 2.92. The van der Waals surface area contributed by atoms with Gasteiger partial charge in [-0.3, -0.25) is 0 Å². The van der Waals surface area contributed by atoms with Gasteiger partial charge < -0.3 is 14.9 Å². The first kappa shape index (κ1) is 11.8. The molecule has 2 heterocycles. The number of hydrogen-bond donors (Lipinski definition) is 1. The lowest BCUT2D eigenvalue weighted by Gasteiger charge is -2.27. The van der Waals surface area contributed by atoms with Crippen LogP contribution < -0.4 is 0 Å². The molecule has 1 N–H and O–H groups in total. The Bertz CT molecular complexity index is 359. The molecule has 100 valence electrons. The van der Waals surface area contributed by atoms with Crippen molar-refractivity contribution in [2.24, 2.45) is 11.8 Å². The number of carbonyl (C=O) groups excluding carboxylic acids is 1. The third-order valence-electron chi connectivity index (χ3n) is 4.78. The summed E-state index contributed by atoms with van der Waals surface area (Å²) in [6.07, 6.45) is 5.16. The Balaban J connectivity index is 1.66. The number of urea groups is 1. The van der Waals surface area contributed by atoms with Gasteiger partial charge in [0.2, 0.25) is 0 Å². The number of amides is 2. The fourth-order valence-electron chi connectivity index (χ4n) is 3.83. The first-order valence-corrected chi connectivity index (χ1v) is 6.95. The monoisotopic (exact) mass is 252 g/mol. The summed E-state index contributed by atoms with van der Waals surface area (Å²) < 4.78 is 0. The molecule has 3 atom stereocenters. The largest absolute Gasteiger partial charge is 0.480 e. The van der Waals surface area contributed by atoms with Crippen LogP contribution in [0.1, 0.15) is 32.1 Å². The standard InChI is InChI=1S/C13H20N2O3/c16-12(17)11-5-2-6-15(11)13(18)14-7-9-3-1-4-10(9)8-14/h9-11H,1-8H2,(H,16,17)/t9?,10?,11-/m1/s1. The maximum absolute atomic E-state index is 12.4. The summed E-state index contributed by atoms with van der Waals surface area (Å²) in [5, 5.41) is 9.12. The van der Waals surface area contributed by atoms with Crippen LogP contribution in [0.5, 0.6) is 0 Å². The molecule has 1 saturated carbocycles. The summed E-state index contributed by atoms with van der Waals surface area (Å²) in [7, 11) is 0. The quantitative estimate of drug-likeness (QED) is 0.767. The molecule has 0 aromatic heterocycles. The molecule has 0 aromatic rings. The van der Waals surface area contributed by atoms with E-state index in [0.29, 0.717) is 24.8 Å². The van der Waals surface area contributed by atoms with Gasteiger partial charge in [-0.1, -0.05) is 6.42 Å². The highest BCUT2D eigenvalue weighted by Crippen LogP contribution is 2.38. The van der Waals surface area contributed by atoms with Gasteiger partial charge in [0.15, 0.2) is 0 Å².